The number of hydrogen-bond acceptors (Lipinski definition) is 4. The van der Waals surface area contributed by atoms with Crippen molar-refractivity contribution in [1.29, 1.82) is 0 Å². The smallest absolute Gasteiger partial charge is 0.286 e. The third kappa shape index (κ3) is 2.13. The fraction of sp³-hybridized carbons (Fsp3) is 1.00. The minimum absolute atomic E-state index is 0.173. The molecule has 0 aliphatic heterocycles. The average Bonchev–Trinajstić information content (AvgIpc) is 1.83. The number of aliphatic hydroxyl groups is 1. The summed E-state index contributed by atoms with van der Waals surface area (Å²) in [6.45, 7) is 2.64. The van der Waals surface area contributed by atoms with Gasteiger partial charge in [-0.2, -0.15) is 8.42 Å². The zero-order valence-corrected chi connectivity index (χ0v) is 7.30. The minimum atomic E-state index is -4.39. The lowest BCUT2D eigenvalue weighted by Gasteiger charge is -2.25. The molecule has 0 aliphatic carbocycles. The third-order valence-corrected chi connectivity index (χ3v) is 2.99. The maximum absolute atomic E-state index is 10.5. The molecule has 68 valence electrons. The Morgan fingerprint density at radius 3 is 2.09 bits per heavy atom. The summed E-state index contributed by atoms with van der Waals surface area (Å²) in [4.78, 5) is -1.97. The number of aliphatic hydroxyl groups excluding tert-OH is 1. The summed E-state index contributed by atoms with van der Waals surface area (Å²) in [6.07, 6.45) is -1.08. The molecule has 0 amide bonds. The van der Waals surface area contributed by atoms with Gasteiger partial charge in [-0.3, -0.25) is 4.55 Å². The van der Waals surface area contributed by atoms with Crippen molar-refractivity contribution in [2.75, 3.05) is 0 Å². The quantitative estimate of drug-likeness (QED) is 0.503. The van der Waals surface area contributed by atoms with Crippen molar-refractivity contribution < 1.29 is 18.1 Å². The van der Waals surface area contributed by atoms with Crippen molar-refractivity contribution in [3.8, 4) is 0 Å². The molecule has 2 unspecified atom stereocenters. The first-order valence-corrected chi connectivity index (χ1v) is 4.61. The number of rotatable bonds is 3. The van der Waals surface area contributed by atoms with Crippen LogP contribution in [0.1, 0.15) is 20.3 Å². The van der Waals surface area contributed by atoms with Crippen LogP contribution in [0.15, 0.2) is 0 Å². The van der Waals surface area contributed by atoms with Gasteiger partial charge in [-0.25, -0.2) is 0 Å². The van der Waals surface area contributed by atoms with E-state index in [4.69, 9.17) is 15.4 Å². The summed E-state index contributed by atoms with van der Waals surface area (Å²) in [5.74, 6) is 0. The topological polar surface area (TPSA) is 101 Å². The van der Waals surface area contributed by atoms with Gasteiger partial charge in [-0.15, -0.1) is 0 Å². The van der Waals surface area contributed by atoms with E-state index in [0.29, 0.717) is 0 Å². The summed E-state index contributed by atoms with van der Waals surface area (Å²) in [5, 5.41) is 9.06. The van der Waals surface area contributed by atoms with Crippen molar-refractivity contribution in [3.63, 3.8) is 0 Å². The van der Waals surface area contributed by atoms with Gasteiger partial charge in [0, 0.05) is 0 Å². The molecule has 6 heteroatoms. The molecule has 5 nitrogen and oxygen atoms in total. The molecule has 11 heavy (non-hydrogen) atoms. The van der Waals surface area contributed by atoms with Gasteiger partial charge in [0.2, 0.25) is 0 Å². The average molecular weight is 183 g/mol. The zero-order chi connectivity index (χ0) is 9.28. The van der Waals surface area contributed by atoms with E-state index >= 15 is 0 Å². The van der Waals surface area contributed by atoms with Crippen LogP contribution in [0.25, 0.3) is 0 Å². The van der Waals surface area contributed by atoms with Gasteiger partial charge in [0.05, 0.1) is 6.10 Å². The van der Waals surface area contributed by atoms with E-state index in [0.717, 1.165) is 6.92 Å². The Morgan fingerprint density at radius 2 is 2.00 bits per heavy atom. The Balaban J connectivity index is 4.74. The second kappa shape index (κ2) is 3.06. The van der Waals surface area contributed by atoms with Gasteiger partial charge in [0.25, 0.3) is 10.1 Å². The number of nitrogens with two attached hydrogens (primary N) is 1. The highest BCUT2D eigenvalue weighted by atomic mass is 32.2. The monoisotopic (exact) mass is 183 g/mol. The zero-order valence-electron chi connectivity index (χ0n) is 6.48. The highest BCUT2D eigenvalue weighted by molar-refractivity contribution is 7.87. The molecule has 0 radical (unpaired) electrons. The van der Waals surface area contributed by atoms with Crippen LogP contribution in [0.2, 0.25) is 0 Å². The molecule has 0 saturated heterocycles. The first-order chi connectivity index (χ1) is 4.73. The minimum Gasteiger partial charge on any atom is -0.390 e. The summed E-state index contributed by atoms with van der Waals surface area (Å²) in [7, 11) is -4.39. The van der Waals surface area contributed by atoms with Crippen LogP contribution in [0, 0.1) is 0 Å². The van der Waals surface area contributed by atoms with Gasteiger partial charge >= 0.3 is 0 Å². The molecular formula is C5H13NO4S. The Bertz CT molecular complexity index is 221. The van der Waals surface area contributed by atoms with Gasteiger partial charge in [-0.1, -0.05) is 6.92 Å². The Hall–Kier alpha value is -0.170. The fourth-order valence-electron chi connectivity index (χ4n) is 0.577. The van der Waals surface area contributed by atoms with E-state index in [2.05, 4.69) is 0 Å². The SMILES string of the molecule is CCC(O)C(C)(N)S(=O)(=O)O. The fourth-order valence-corrected chi connectivity index (χ4v) is 1.09. The molecule has 0 aromatic rings. The second-order valence-electron chi connectivity index (χ2n) is 2.58. The largest absolute Gasteiger partial charge is 0.390 e. The maximum Gasteiger partial charge on any atom is 0.286 e. The van der Waals surface area contributed by atoms with Crippen LogP contribution < -0.4 is 5.73 Å². The van der Waals surface area contributed by atoms with Crippen LogP contribution in [0.5, 0.6) is 0 Å². The van der Waals surface area contributed by atoms with Crippen LogP contribution >= 0.6 is 0 Å². The Labute approximate surface area is 66.0 Å². The van der Waals surface area contributed by atoms with Crippen molar-refractivity contribution in [2.24, 2.45) is 5.73 Å². The first kappa shape index (κ1) is 10.8. The summed E-state index contributed by atoms with van der Waals surface area (Å²) >= 11 is 0. The van der Waals surface area contributed by atoms with Crippen LogP contribution in [0.3, 0.4) is 0 Å². The van der Waals surface area contributed by atoms with Crippen LogP contribution in [-0.2, 0) is 10.1 Å². The lowest BCUT2D eigenvalue weighted by Crippen LogP contribution is -2.54. The van der Waals surface area contributed by atoms with E-state index < -0.39 is 21.1 Å². The van der Waals surface area contributed by atoms with Gasteiger partial charge < -0.3 is 10.8 Å². The molecule has 0 bridgehead atoms. The third-order valence-electron chi connectivity index (χ3n) is 1.60. The molecule has 0 aromatic heterocycles. The van der Waals surface area contributed by atoms with Gasteiger partial charge in [0.1, 0.15) is 0 Å². The Morgan fingerprint density at radius 1 is 1.64 bits per heavy atom. The predicted molar refractivity (Wildman–Crippen MR) is 40.4 cm³/mol. The molecule has 4 N–H and O–H groups in total. The molecule has 0 aliphatic rings. The first-order valence-electron chi connectivity index (χ1n) is 3.17. The highest BCUT2D eigenvalue weighted by Crippen LogP contribution is 2.15. The summed E-state index contributed by atoms with van der Waals surface area (Å²) in [6, 6.07) is 0. The maximum atomic E-state index is 10.5. The lowest BCUT2D eigenvalue weighted by atomic mass is 10.1. The summed E-state index contributed by atoms with van der Waals surface area (Å²) < 4.78 is 29.6. The lowest BCUT2D eigenvalue weighted by molar-refractivity contribution is 0.124. The molecule has 0 heterocycles. The molecule has 0 rings (SSSR count). The molecule has 0 spiro atoms. The van der Waals surface area contributed by atoms with Crippen molar-refractivity contribution in [1.82, 2.24) is 0 Å². The van der Waals surface area contributed by atoms with E-state index in [1.54, 1.807) is 6.92 Å². The summed E-state index contributed by atoms with van der Waals surface area (Å²) in [5.41, 5.74) is 5.16. The standard InChI is InChI=1S/C5H13NO4S/c1-3-4(7)5(2,6)11(8,9)10/h4,7H,3,6H2,1-2H3,(H,8,9,10). The normalized spacial score (nSPS) is 20.8. The van der Waals surface area contributed by atoms with Crippen LogP contribution in [-0.4, -0.2) is 29.1 Å². The molecular weight excluding hydrogens is 170 g/mol. The highest BCUT2D eigenvalue weighted by Gasteiger charge is 2.39. The molecule has 0 aromatic carbocycles. The van der Waals surface area contributed by atoms with Gasteiger partial charge in [-0.05, 0) is 13.3 Å². The van der Waals surface area contributed by atoms with Crippen LogP contribution in [0.4, 0.5) is 0 Å². The van der Waals surface area contributed by atoms with E-state index in [1.165, 1.54) is 0 Å². The molecule has 0 saturated carbocycles. The van der Waals surface area contributed by atoms with Crippen molar-refractivity contribution in [3.05, 3.63) is 0 Å². The number of hydrogen-bond donors (Lipinski definition) is 3. The van der Waals surface area contributed by atoms with E-state index in [9.17, 15) is 8.42 Å². The van der Waals surface area contributed by atoms with Crippen molar-refractivity contribution >= 4 is 10.1 Å². The molecule has 2 atom stereocenters. The van der Waals surface area contributed by atoms with Crippen molar-refractivity contribution in [2.45, 2.75) is 31.2 Å². The second-order valence-corrected chi connectivity index (χ2v) is 4.41. The van der Waals surface area contributed by atoms with E-state index in [1.807, 2.05) is 0 Å². The van der Waals surface area contributed by atoms with E-state index in [-0.39, 0.29) is 6.42 Å². The molecule has 0 fully saturated rings. The van der Waals surface area contributed by atoms with Gasteiger partial charge in [0.15, 0.2) is 4.87 Å². The predicted octanol–water partition coefficient (Wildman–Crippen LogP) is -0.680. The Kier molecular flexibility index (Phi) is 3.01.